The molecule has 0 radical (unpaired) electrons. The molecule has 14 atom stereocenters. The third kappa shape index (κ3) is 34.2. The Balaban J connectivity index is 2.57. The fourth-order valence-electron chi connectivity index (χ4n) is 11.1. The number of aromatic nitrogens is 2. The van der Waals surface area contributed by atoms with Gasteiger partial charge >= 0.3 is 5.97 Å². The van der Waals surface area contributed by atoms with E-state index < -0.39 is 180 Å². The number of primary amides is 1. The lowest BCUT2D eigenvalue weighted by atomic mass is 9.94. The quantitative estimate of drug-likeness (QED) is 0.0169. The minimum Gasteiger partial charge on any atom is -0.481 e. The van der Waals surface area contributed by atoms with Gasteiger partial charge in [0, 0.05) is 51.2 Å². The minimum absolute atomic E-state index is 0.00810. The molecule has 1 saturated heterocycles. The number of H-pyrrole nitrogens is 1. The van der Waals surface area contributed by atoms with Crippen molar-refractivity contribution in [3.63, 3.8) is 0 Å². The maximum Gasteiger partial charge on any atom is 0.303 e. The summed E-state index contributed by atoms with van der Waals surface area (Å²) in [5.41, 5.74) is 29.1. The van der Waals surface area contributed by atoms with E-state index in [1.54, 1.807) is 41.5 Å². The molecule has 586 valence electrons. The van der Waals surface area contributed by atoms with Gasteiger partial charge in [-0.25, -0.2) is 4.98 Å². The number of rotatable bonds is 42. The maximum absolute atomic E-state index is 14.7. The lowest BCUT2D eigenvalue weighted by Gasteiger charge is -2.30. The van der Waals surface area contributed by atoms with E-state index in [0.717, 1.165) is 0 Å². The zero-order valence-corrected chi connectivity index (χ0v) is 61.6. The van der Waals surface area contributed by atoms with Crippen molar-refractivity contribution in [3.8, 4) is 0 Å². The zero-order valence-electron chi connectivity index (χ0n) is 61.6. The van der Waals surface area contributed by atoms with Crippen LogP contribution in [-0.2, 0) is 78.3 Å². The van der Waals surface area contributed by atoms with Crippen LogP contribution in [0.5, 0.6) is 0 Å². The van der Waals surface area contributed by atoms with Gasteiger partial charge in [0.25, 0.3) is 0 Å². The Morgan fingerprint density at radius 1 is 0.606 bits per heavy atom. The smallest absolute Gasteiger partial charge is 0.303 e. The van der Waals surface area contributed by atoms with Crippen LogP contribution in [0, 0.1) is 17.8 Å². The second-order valence-electron chi connectivity index (χ2n) is 26.8. The first kappa shape index (κ1) is 90.5. The maximum atomic E-state index is 14.7. The lowest BCUT2D eigenvalue weighted by Crippen LogP contribution is -2.61. The predicted octanol–water partition coefficient (Wildman–Crippen LogP) is -3.90. The Labute approximate surface area is 607 Å². The molecule has 14 amide bonds. The van der Waals surface area contributed by atoms with Crippen molar-refractivity contribution in [3.05, 3.63) is 18.2 Å². The molecule has 0 saturated carbocycles. The molecule has 0 unspecified atom stereocenters. The van der Waals surface area contributed by atoms with Crippen molar-refractivity contribution in [2.24, 2.45) is 51.4 Å². The molecule has 2 heterocycles. The molecule has 1 aliphatic rings. The number of imidazole rings is 1. The van der Waals surface area contributed by atoms with Gasteiger partial charge in [-0.15, -0.1) is 0 Å². The second kappa shape index (κ2) is 48.4. The molecule has 0 bridgehead atoms. The number of carbonyl (C=O) groups excluding carboxylic acids is 14. The topological polar surface area (TPSA) is 604 Å². The van der Waals surface area contributed by atoms with E-state index in [9.17, 15) is 77.0 Å². The van der Waals surface area contributed by atoms with Crippen molar-refractivity contribution in [2.75, 3.05) is 26.2 Å². The Bertz CT molecular complexity index is 3020. The van der Waals surface area contributed by atoms with Crippen molar-refractivity contribution < 1.29 is 77.0 Å². The van der Waals surface area contributed by atoms with Gasteiger partial charge in [0.15, 0.2) is 5.96 Å². The molecule has 25 N–H and O–H groups in total. The number of carboxylic acids is 1. The van der Waals surface area contributed by atoms with Gasteiger partial charge in [-0.2, -0.15) is 0 Å². The number of carbonyl (C=O) groups is 15. The number of nitrogens with one attached hydrogen (secondary N) is 14. The van der Waals surface area contributed by atoms with Gasteiger partial charge in [0.05, 0.1) is 6.33 Å². The summed E-state index contributed by atoms with van der Waals surface area (Å²) in [6.45, 7) is 14.9. The summed E-state index contributed by atoms with van der Waals surface area (Å²) in [5.74, 6) is -14.0. The number of carboxylic acid groups (broad SMARTS) is 1. The largest absolute Gasteiger partial charge is 0.481 e. The standard InChI is InChI=1S/C67H117N21O16/c1-10-13-19-42(58(96)83-47(24-26-52(91)92)63(101)88-54(38(7)12-3)66(104)87-53(55(70)93)37(6)11-2)81-64(102)49(32-36(4)5)86-61(99)43(20-14-16-28-68)79-60(98)45(22-18-31-75-67(71)72)80-62(100)48(27-29-69)84-59(97)44-21-15-17-30-74-51(90)25-23-46(78-40(9)89)57(95)77-39(8)56(94)85-50(65(103)82-44)33-41-34-73-35-76-41/h34-39,42-50,53-54H,10-33,68-69H2,1-9H3,(H2,70,93)(H,73,76)(H,74,90)(H,77,95)(H,78,89)(H,79,98)(H,80,100)(H,81,102)(H,82,103)(H,83,96)(H,84,97)(H,85,94)(H,86,99)(H,87,104)(H,88,101)(H,91,92)(H4,71,72,75)/t37-,38-,39-,42-,43-,44-,45-,46-,47-,48-,49-,50-,53-,54-/m0/s1. The number of nitrogens with zero attached hydrogens (tertiary/aromatic N) is 2. The van der Waals surface area contributed by atoms with Gasteiger partial charge in [-0.1, -0.05) is 74.1 Å². The molecule has 0 spiro atoms. The Morgan fingerprint density at radius 3 is 1.66 bits per heavy atom. The number of aromatic amines is 1. The molecular formula is C67H117N21O16. The Morgan fingerprint density at radius 2 is 1.14 bits per heavy atom. The molecule has 0 aliphatic carbocycles. The fraction of sp³-hybridized carbons (Fsp3) is 0.716. The summed E-state index contributed by atoms with van der Waals surface area (Å²) < 4.78 is 0. The summed E-state index contributed by atoms with van der Waals surface area (Å²) >= 11 is 0. The van der Waals surface area contributed by atoms with Crippen molar-refractivity contribution in [2.45, 2.75) is 263 Å². The number of aliphatic imine (C=N–C) groups is 1. The fourth-order valence-corrected chi connectivity index (χ4v) is 11.1. The highest BCUT2D eigenvalue weighted by molar-refractivity contribution is 6.00. The molecule has 37 heteroatoms. The molecule has 1 fully saturated rings. The normalized spacial score (nSPS) is 19.1. The summed E-state index contributed by atoms with van der Waals surface area (Å²) in [7, 11) is 0. The highest BCUT2D eigenvalue weighted by Gasteiger charge is 2.38. The molecule has 2 rings (SSSR count). The highest BCUT2D eigenvalue weighted by atomic mass is 16.4. The Hall–Kier alpha value is -9.55. The van der Waals surface area contributed by atoms with Crippen LogP contribution < -0.4 is 97.8 Å². The summed E-state index contributed by atoms with van der Waals surface area (Å²) in [6.07, 6.45) is 3.67. The van der Waals surface area contributed by atoms with Gasteiger partial charge in [-0.3, -0.25) is 76.9 Å². The van der Waals surface area contributed by atoms with Crippen LogP contribution in [0.15, 0.2) is 17.5 Å². The van der Waals surface area contributed by atoms with Crippen LogP contribution >= 0.6 is 0 Å². The highest BCUT2D eigenvalue weighted by Crippen LogP contribution is 2.16. The van der Waals surface area contributed by atoms with E-state index in [2.05, 4.69) is 84.1 Å². The SMILES string of the molecule is CCCC[C@H](NC(=O)[C@H](CC(C)C)NC(=O)[C@H](CCCCN)NC(=O)[C@H](CCCN=C(N)N)NC(=O)[C@H](CCN)NC(=O)[C@@H]1CCCCNC(=O)CC[C@H](NC(C)=O)C(=O)N[C@@H](C)C(=O)N[C@@H](Cc2cnc[nH]2)C(=O)N1)C(=O)N[C@@H](CCC(=O)O)C(=O)N[C@H](C(=O)N[C@H](C(N)=O)[C@@H](C)CC)[C@@H](C)CC. The van der Waals surface area contributed by atoms with Crippen LogP contribution in [0.4, 0.5) is 0 Å². The van der Waals surface area contributed by atoms with Gasteiger partial charge in [-0.05, 0) is 121 Å². The number of unbranched alkanes of at least 4 members (excludes halogenated alkanes) is 2. The summed E-state index contributed by atoms with van der Waals surface area (Å²) in [4.78, 5) is 217. The number of hydrogen-bond acceptors (Lipinski definition) is 19. The van der Waals surface area contributed by atoms with E-state index in [-0.39, 0.29) is 127 Å². The third-order valence-corrected chi connectivity index (χ3v) is 17.5. The zero-order chi connectivity index (χ0) is 78.2. The van der Waals surface area contributed by atoms with Gasteiger partial charge < -0.3 is 108 Å². The third-order valence-electron chi connectivity index (χ3n) is 17.5. The Kier molecular flexibility index (Phi) is 42.1. The van der Waals surface area contributed by atoms with Crippen LogP contribution in [0.3, 0.4) is 0 Å². The van der Waals surface area contributed by atoms with Crippen LogP contribution in [0.2, 0.25) is 0 Å². The van der Waals surface area contributed by atoms with Crippen LogP contribution in [0.25, 0.3) is 0 Å². The molecule has 1 aromatic heterocycles. The monoisotopic (exact) mass is 1470 g/mol. The van der Waals surface area contributed by atoms with Crippen molar-refractivity contribution in [1.82, 2.24) is 79.1 Å². The van der Waals surface area contributed by atoms with Crippen molar-refractivity contribution in [1.29, 1.82) is 0 Å². The molecule has 37 nitrogen and oxygen atoms in total. The molecule has 0 aromatic carbocycles. The number of hydrogen-bond donors (Lipinski definition) is 20. The first-order chi connectivity index (χ1) is 49.2. The first-order valence-corrected chi connectivity index (χ1v) is 36.0. The van der Waals surface area contributed by atoms with Gasteiger partial charge in [0.2, 0.25) is 82.7 Å². The number of guanidine groups is 1. The first-order valence-electron chi connectivity index (χ1n) is 36.0. The van der Waals surface area contributed by atoms with E-state index in [4.69, 9.17) is 28.7 Å². The lowest BCUT2D eigenvalue weighted by molar-refractivity contribution is -0.139. The molecular weight excluding hydrogens is 1350 g/mol. The van der Waals surface area contributed by atoms with E-state index in [0.29, 0.717) is 37.8 Å². The van der Waals surface area contributed by atoms with E-state index >= 15 is 0 Å². The molecule has 1 aromatic rings. The average molecular weight is 1470 g/mol. The van der Waals surface area contributed by atoms with Crippen LogP contribution in [-0.4, -0.2) is 208 Å². The summed E-state index contributed by atoms with van der Waals surface area (Å²) in [6, 6.07) is -16.3. The predicted molar refractivity (Wildman–Crippen MR) is 383 cm³/mol. The molecule has 104 heavy (non-hydrogen) atoms. The second-order valence-corrected chi connectivity index (χ2v) is 26.8. The van der Waals surface area contributed by atoms with Crippen LogP contribution in [0.1, 0.15) is 190 Å². The minimum atomic E-state index is -1.55. The van der Waals surface area contributed by atoms with E-state index in [1.807, 2.05) is 6.92 Å². The average Bonchev–Trinajstić information content (AvgIpc) is 0.952. The number of aliphatic carboxylic acids is 1. The van der Waals surface area contributed by atoms with Gasteiger partial charge in [0.1, 0.15) is 72.5 Å². The van der Waals surface area contributed by atoms with Crippen molar-refractivity contribution >= 4 is 94.6 Å². The number of nitrogens with two attached hydrogens (primary N) is 5. The molecule has 1 aliphatic heterocycles. The summed E-state index contributed by atoms with van der Waals surface area (Å²) in [5, 5.41) is 44.0. The number of amides is 14. The van der Waals surface area contributed by atoms with E-state index in [1.165, 1.54) is 26.4 Å².